The van der Waals surface area contributed by atoms with E-state index < -0.39 is 0 Å². The molecule has 166 valence electrons. The number of fused-ring (bicyclic) bond motifs is 5. The van der Waals surface area contributed by atoms with Crippen LogP contribution >= 0.6 is 0 Å². The molecule has 0 spiro atoms. The van der Waals surface area contributed by atoms with E-state index in [1.807, 2.05) is 0 Å². The predicted octanol–water partition coefficient (Wildman–Crippen LogP) is 8.51. The molecule has 1 nitrogen and oxygen atoms in total. The molecule has 1 heteroatoms. The molecule has 0 saturated heterocycles. The summed E-state index contributed by atoms with van der Waals surface area (Å²) in [5.74, 6) is 0. The molecule has 0 aliphatic heterocycles. The molecule has 0 bridgehead atoms. The topological polar surface area (TPSA) is 15.8 Å². The van der Waals surface area contributed by atoms with Crippen molar-refractivity contribution in [2.45, 2.75) is 105 Å². The smallest absolute Gasteiger partial charge is 0.0468 e. The van der Waals surface area contributed by atoms with Gasteiger partial charge in [0.15, 0.2) is 0 Å². The van der Waals surface area contributed by atoms with Crippen molar-refractivity contribution in [3.05, 3.63) is 46.5 Å². The highest BCUT2D eigenvalue weighted by atomic mass is 14.7. The summed E-state index contributed by atoms with van der Waals surface area (Å²) in [5.41, 5.74) is 9.54. The zero-order valence-corrected chi connectivity index (χ0v) is 21.8. The Balaban J connectivity index is 1.86. The van der Waals surface area contributed by atoms with Gasteiger partial charge in [-0.2, -0.15) is 0 Å². The fourth-order valence-corrected chi connectivity index (χ4v) is 6.97. The molecule has 0 amide bonds. The largest absolute Gasteiger partial charge is 0.354 e. The lowest BCUT2D eigenvalue weighted by atomic mass is 9.59. The van der Waals surface area contributed by atoms with Gasteiger partial charge in [-0.1, -0.05) is 83.1 Å². The van der Waals surface area contributed by atoms with Crippen molar-refractivity contribution < 1.29 is 0 Å². The van der Waals surface area contributed by atoms with E-state index in [0.29, 0.717) is 0 Å². The molecule has 0 saturated carbocycles. The quantitative estimate of drug-likeness (QED) is 0.379. The predicted molar refractivity (Wildman–Crippen MR) is 135 cm³/mol. The number of hydrogen-bond donors (Lipinski definition) is 1. The van der Waals surface area contributed by atoms with E-state index in [2.05, 4.69) is 112 Å². The fraction of sp³-hybridized carbons (Fsp3) is 0.600. The van der Waals surface area contributed by atoms with E-state index in [0.717, 1.165) is 0 Å². The monoisotopic (exact) mass is 415 g/mol. The van der Waals surface area contributed by atoms with Crippen LogP contribution < -0.4 is 0 Å². The number of nitrogens with one attached hydrogen (secondary N) is 1. The highest BCUT2D eigenvalue weighted by Crippen LogP contribution is 2.64. The van der Waals surface area contributed by atoms with Gasteiger partial charge in [0, 0.05) is 21.8 Å². The summed E-state index contributed by atoms with van der Waals surface area (Å²) in [7, 11) is 0. The number of aromatic amines is 1. The Morgan fingerprint density at radius 3 is 0.968 bits per heavy atom. The van der Waals surface area contributed by atoms with E-state index in [4.69, 9.17) is 0 Å². The van der Waals surface area contributed by atoms with Crippen LogP contribution in [0.3, 0.4) is 0 Å². The number of benzene rings is 2. The van der Waals surface area contributed by atoms with Crippen molar-refractivity contribution in [2.24, 2.45) is 10.8 Å². The lowest BCUT2D eigenvalue weighted by molar-refractivity contribution is 0.125. The zero-order chi connectivity index (χ0) is 23.2. The zero-order valence-electron chi connectivity index (χ0n) is 21.8. The van der Waals surface area contributed by atoms with Crippen LogP contribution in [-0.4, -0.2) is 4.98 Å². The SMILES string of the molecule is CC1(C)c2cc3[nH]c4cc5c(cc4c3cc2C(C)(C)C1(C)C)C(C)(C)C(C)(C)C5(C)C. The van der Waals surface area contributed by atoms with Crippen molar-refractivity contribution in [1.29, 1.82) is 0 Å². The highest BCUT2D eigenvalue weighted by molar-refractivity contribution is 6.08. The van der Waals surface area contributed by atoms with Gasteiger partial charge in [0.25, 0.3) is 0 Å². The summed E-state index contributed by atoms with van der Waals surface area (Å²) in [6.07, 6.45) is 0. The summed E-state index contributed by atoms with van der Waals surface area (Å²) in [4.78, 5) is 3.82. The van der Waals surface area contributed by atoms with E-state index in [9.17, 15) is 0 Å². The Morgan fingerprint density at radius 1 is 0.419 bits per heavy atom. The van der Waals surface area contributed by atoms with Crippen molar-refractivity contribution in [1.82, 2.24) is 4.98 Å². The van der Waals surface area contributed by atoms with E-state index in [-0.39, 0.29) is 32.5 Å². The molecular formula is C30H41N. The Bertz CT molecular complexity index is 1170. The number of aromatic nitrogens is 1. The average molecular weight is 416 g/mol. The Kier molecular flexibility index (Phi) is 3.57. The Morgan fingerprint density at radius 2 is 0.677 bits per heavy atom. The minimum atomic E-state index is 0.129. The molecular weight excluding hydrogens is 374 g/mol. The lowest BCUT2D eigenvalue weighted by Crippen LogP contribution is -2.42. The van der Waals surface area contributed by atoms with Gasteiger partial charge in [-0.25, -0.2) is 0 Å². The van der Waals surface area contributed by atoms with Crippen molar-refractivity contribution in [2.75, 3.05) is 0 Å². The van der Waals surface area contributed by atoms with E-state index >= 15 is 0 Å². The van der Waals surface area contributed by atoms with Crippen LogP contribution in [0.25, 0.3) is 21.8 Å². The maximum absolute atomic E-state index is 3.82. The van der Waals surface area contributed by atoms with Crippen LogP contribution in [0.15, 0.2) is 24.3 Å². The molecule has 0 atom stereocenters. The third kappa shape index (κ3) is 2.01. The second-order valence-electron chi connectivity index (χ2n) is 13.8. The molecule has 3 aromatic rings. The van der Waals surface area contributed by atoms with Gasteiger partial charge in [-0.15, -0.1) is 0 Å². The first-order valence-electron chi connectivity index (χ1n) is 12.1. The van der Waals surface area contributed by atoms with E-state index in [1.54, 1.807) is 0 Å². The van der Waals surface area contributed by atoms with Crippen molar-refractivity contribution >= 4 is 21.8 Å². The first kappa shape index (κ1) is 21.1. The second kappa shape index (κ2) is 5.24. The average Bonchev–Trinajstić information content (AvgIpc) is 3.08. The third-order valence-electron chi connectivity index (χ3n) is 11.8. The van der Waals surface area contributed by atoms with Crippen molar-refractivity contribution in [3.8, 4) is 0 Å². The summed E-state index contributed by atoms with van der Waals surface area (Å²) < 4.78 is 0. The highest BCUT2D eigenvalue weighted by Gasteiger charge is 2.58. The van der Waals surface area contributed by atoms with Gasteiger partial charge in [0.05, 0.1) is 0 Å². The van der Waals surface area contributed by atoms with Crippen LogP contribution in [0.1, 0.15) is 105 Å². The van der Waals surface area contributed by atoms with Gasteiger partial charge in [-0.05, 0) is 79.0 Å². The first-order valence-corrected chi connectivity index (χ1v) is 12.1. The molecule has 31 heavy (non-hydrogen) atoms. The second-order valence-corrected chi connectivity index (χ2v) is 13.8. The molecule has 1 N–H and O–H groups in total. The van der Waals surface area contributed by atoms with Crippen LogP contribution in [0.5, 0.6) is 0 Å². The van der Waals surface area contributed by atoms with Crippen LogP contribution in [0.2, 0.25) is 0 Å². The number of hydrogen-bond acceptors (Lipinski definition) is 0. The summed E-state index contributed by atoms with van der Waals surface area (Å²) in [6.45, 7) is 29.2. The Labute approximate surface area is 189 Å². The molecule has 1 heterocycles. The third-order valence-corrected chi connectivity index (χ3v) is 11.8. The van der Waals surface area contributed by atoms with Crippen LogP contribution in [0.4, 0.5) is 0 Å². The Hall–Kier alpha value is -1.76. The molecule has 1 aromatic heterocycles. The summed E-state index contributed by atoms with van der Waals surface area (Å²) in [6, 6.07) is 9.97. The minimum absolute atomic E-state index is 0.129. The van der Waals surface area contributed by atoms with Gasteiger partial charge in [0.1, 0.15) is 0 Å². The number of H-pyrrole nitrogens is 1. The van der Waals surface area contributed by atoms with Gasteiger partial charge in [-0.3, -0.25) is 0 Å². The maximum atomic E-state index is 3.82. The van der Waals surface area contributed by atoms with Crippen LogP contribution in [-0.2, 0) is 21.7 Å². The molecule has 2 aromatic carbocycles. The molecule has 5 rings (SSSR count). The fourth-order valence-electron chi connectivity index (χ4n) is 6.97. The standard InChI is InChI=1S/C30H41N/c1-25(2)19-13-17-18-14-20-22(28(7,8)30(11,12)26(20,3)4)16-24(18)31-23(17)15-21(19)27(5,6)29(25,9)10/h13-16,31H,1-12H3. The molecule has 2 aliphatic carbocycles. The summed E-state index contributed by atoms with van der Waals surface area (Å²) in [5, 5.41) is 2.77. The normalized spacial score (nSPS) is 25.7. The molecule has 0 unspecified atom stereocenters. The maximum Gasteiger partial charge on any atom is 0.0468 e. The molecule has 0 fully saturated rings. The lowest BCUT2D eigenvalue weighted by Gasteiger charge is -2.44. The van der Waals surface area contributed by atoms with Gasteiger partial charge in [0.2, 0.25) is 0 Å². The molecule has 0 radical (unpaired) electrons. The summed E-state index contributed by atoms with van der Waals surface area (Å²) >= 11 is 0. The molecule has 2 aliphatic rings. The van der Waals surface area contributed by atoms with Gasteiger partial charge < -0.3 is 4.98 Å². The van der Waals surface area contributed by atoms with Crippen molar-refractivity contribution in [3.63, 3.8) is 0 Å². The van der Waals surface area contributed by atoms with E-state index in [1.165, 1.54) is 44.1 Å². The van der Waals surface area contributed by atoms with Gasteiger partial charge >= 0.3 is 0 Å². The minimum Gasteiger partial charge on any atom is -0.354 e. The first-order chi connectivity index (χ1) is 13.9. The number of rotatable bonds is 0. The van der Waals surface area contributed by atoms with Crippen LogP contribution in [0, 0.1) is 10.8 Å².